The van der Waals surface area contributed by atoms with Crippen LogP contribution >= 0.6 is 0 Å². The molecule has 4 atom stereocenters. The van der Waals surface area contributed by atoms with Crippen molar-refractivity contribution in [2.24, 2.45) is 29.6 Å². The van der Waals surface area contributed by atoms with Crippen molar-refractivity contribution in [3.05, 3.63) is 0 Å². The molecule has 0 aromatic carbocycles. The lowest BCUT2D eigenvalue weighted by atomic mass is 9.72. The molecule has 0 saturated heterocycles. The van der Waals surface area contributed by atoms with Gasteiger partial charge in [-0.25, -0.2) is 0 Å². The van der Waals surface area contributed by atoms with Gasteiger partial charge in [-0.15, -0.1) is 0 Å². The molecule has 0 aliphatic heterocycles. The van der Waals surface area contributed by atoms with Gasteiger partial charge in [-0.3, -0.25) is 0 Å². The van der Waals surface area contributed by atoms with Crippen LogP contribution in [0.1, 0.15) is 74.1 Å². The Hall–Kier alpha value is 0. The smallest absolute Gasteiger partial charge is 0.0386 e. The second-order valence-corrected chi connectivity index (χ2v) is 6.13. The highest BCUT2D eigenvalue weighted by atomic mass is 14.3. The Morgan fingerprint density at radius 2 is 1.31 bits per heavy atom. The summed E-state index contributed by atoms with van der Waals surface area (Å²) in [4.78, 5) is 0. The first-order valence-corrected chi connectivity index (χ1v) is 7.45. The predicted octanol–water partition coefficient (Wildman–Crippen LogP) is 5.77. The van der Waals surface area contributed by atoms with E-state index in [-0.39, 0.29) is 0 Å². The summed E-state index contributed by atoms with van der Waals surface area (Å²) in [7, 11) is 0. The molecule has 16 heavy (non-hydrogen) atoms. The number of hydrogen-bond donors (Lipinski definition) is 0. The van der Waals surface area contributed by atoms with Crippen molar-refractivity contribution in [2.75, 3.05) is 0 Å². The normalized spacial score (nSPS) is 19.5. The summed E-state index contributed by atoms with van der Waals surface area (Å²) in [5.41, 5.74) is 0. The molecule has 98 valence electrons. The number of rotatable bonds is 8. The second kappa shape index (κ2) is 8.14. The van der Waals surface area contributed by atoms with Crippen LogP contribution in [0.5, 0.6) is 0 Å². The van der Waals surface area contributed by atoms with Crippen molar-refractivity contribution in [1.82, 2.24) is 0 Å². The van der Waals surface area contributed by atoms with E-state index in [4.69, 9.17) is 0 Å². The Morgan fingerprint density at radius 3 is 1.69 bits per heavy atom. The largest absolute Gasteiger partial charge is 0.0654 e. The molecule has 0 rings (SSSR count). The third-order valence-corrected chi connectivity index (χ3v) is 4.91. The van der Waals surface area contributed by atoms with Gasteiger partial charge in [0.1, 0.15) is 0 Å². The van der Waals surface area contributed by atoms with Crippen molar-refractivity contribution in [3.8, 4) is 0 Å². The molecule has 0 spiro atoms. The van der Waals surface area contributed by atoms with E-state index in [1.54, 1.807) is 0 Å². The van der Waals surface area contributed by atoms with Gasteiger partial charge in [0.15, 0.2) is 0 Å². The second-order valence-electron chi connectivity index (χ2n) is 6.13. The van der Waals surface area contributed by atoms with E-state index in [9.17, 15) is 0 Å². The van der Waals surface area contributed by atoms with Crippen LogP contribution in [0.15, 0.2) is 0 Å². The third kappa shape index (κ3) is 4.89. The Labute approximate surface area is 104 Å². The standard InChI is InChI=1S/C16H34/c1-8-10-11-16(9-2)15(7)14(6)13(5)12(3)4/h12-16H,8-11H2,1-7H3. The van der Waals surface area contributed by atoms with Crippen LogP contribution < -0.4 is 0 Å². The Balaban J connectivity index is 4.30. The highest BCUT2D eigenvalue weighted by Crippen LogP contribution is 2.34. The maximum absolute atomic E-state index is 2.48. The van der Waals surface area contributed by atoms with Gasteiger partial charge in [0.2, 0.25) is 0 Å². The van der Waals surface area contributed by atoms with Crippen LogP contribution in [0.25, 0.3) is 0 Å². The van der Waals surface area contributed by atoms with Crippen LogP contribution in [0, 0.1) is 29.6 Å². The molecule has 0 aromatic rings. The molecule has 0 N–H and O–H groups in total. The van der Waals surface area contributed by atoms with Crippen molar-refractivity contribution < 1.29 is 0 Å². The van der Waals surface area contributed by atoms with Gasteiger partial charge in [-0.1, -0.05) is 74.1 Å². The number of unbranched alkanes of at least 4 members (excludes halogenated alkanes) is 1. The van der Waals surface area contributed by atoms with Crippen molar-refractivity contribution >= 4 is 0 Å². The van der Waals surface area contributed by atoms with E-state index in [2.05, 4.69) is 48.5 Å². The monoisotopic (exact) mass is 226 g/mol. The zero-order valence-corrected chi connectivity index (χ0v) is 12.7. The zero-order valence-electron chi connectivity index (χ0n) is 12.7. The van der Waals surface area contributed by atoms with Crippen molar-refractivity contribution in [2.45, 2.75) is 74.1 Å². The fraction of sp³-hybridized carbons (Fsp3) is 1.00. The first kappa shape index (κ1) is 16.0. The summed E-state index contributed by atoms with van der Waals surface area (Å²) in [6.45, 7) is 16.8. The molecule has 0 saturated carbocycles. The summed E-state index contributed by atoms with van der Waals surface area (Å²) < 4.78 is 0. The minimum Gasteiger partial charge on any atom is -0.0654 e. The van der Waals surface area contributed by atoms with Gasteiger partial charge in [0, 0.05) is 0 Å². The zero-order chi connectivity index (χ0) is 12.7. The van der Waals surface area contributed by atoms with Crippen LogP contribution in [-0.4, -0.2) is 0 Å². The number of hydrogen-bond acceptors (Lipinski definition) is 0. The Bertz CT molecular complexity index is 159. The molecule has 0 aliphatic carbocycles. The lowest BCUT2D eigenvalue weighted by Crippen LogP contribution is -2.26. The van der Waals surface area contributed by atoms with Crippen LogP contribution in [0.4, 0.5) is 0 Å². The molecular formula is C16H34. The molecular weight excluding hydrogens is 192 g/mol. The minimum absolute atomic E-state index is 0.820. The van der Waals surface area contributed by atoms with Crippen LogP contribution in [0.3, 0.4) is 0 Å². The summed E-state index contributed by atoms with van der Waals surface area (Å²) in [6, 6.07) is 0. The van der Waals surface area contributed by atoms with Gasteiger partial charge in [-0.2, -0.15) is 0 Å². The molecule has 0 aromatic heterocycles. The van der Waals surface area contributed by atoms with Gasteiger partial charge < -0.3 is 0 Å². The summed E-state index contributed by atoms with van der Waals surface area (Å²) >= 11 is 0. The van der Waals surface area contributed by atoms with Gasteiger partial charge in [0.25, 0.3) is 0 Å². The minimum atomic E-state index is 0.820. The molecule has 0 aliphatic rings. The average Bonchev–Trinajstić information content (AvgIpc) is 2.27. The fourth-order valence-corrected chi connectivity index (χ4v) is 2.82. The van der Waals surface area contributed by atoms with E-state index < -0.39 is 0 Å². The molecule has 0 nitrogen and oxygen atoms in total. The molecule has 4 unspecified atom stereocenters. The Kier molecular flexibility index (Phi) is 8.14. The summed E-state index contributed by atoms with van der Waals surface area (Å²) in [5.74, 6) is 4.36. The van der Waals surface area contributed by atoms with E-state index in [1.807, 2.05) is 0 Å². The SMILES string of the molecule is CCCCC(CC)C(C)C(C)C(C)C(C)C. The Morgan fingerprint density at radius 1 is 0.750 bits per heavy atom. The topological polar surface area (TPSA) is 0 Å². The first-order chi connectivity index (χ1) is 7.45. The molecule has 0 radical (unpaired) electrons. The highest BCUT2D eigenvalue weighted by Gasteiger charge is 2.26. The van der Waals surface area contributed by atoms with Gasteiger partial charge >= 0.3 is 0 Å². The highest BCUT2D eigenvalue weighted by molar-refractivity contribution is 4.75. The van der Waals surface area contributed by atoms with Gasteiger partial charge in [-0.05, 0) is 29.6 Å². The van der Waals surface area contributed by atoms with Gasteiger partial charge in [0.05, 0.1) is 0 Å². The van der Waals surface area contributed by atoms with E-state index in [0.29, 0.717) is 0 Å². The fourth-order valence-electron chi connectivity index (χ4n) is 2.82. The maximum Gasteiger partial charge on any atom is -0.0386 e. The molecule has 0 fully saturated rings. The van der Waals surface area contributed by atoms with E-state index >= 15 is 0 Å². The van der Waals surface area contributed by atoms with Crippen molar-refractivity contribution in [1.29, 1.82) is 0 Å². The quantitative estimate of drug-likeness (QED) is 0.493. The molecule has 0 bridgehead atoms. The van der Waals surface area contributed by atoms with Crippen molar-refractivity contribution in [3.63, 3.8) is 0 Å². The summed E-state index contributed by atoms with van der Waals surface area (Å²) in [5, 5.41) is 0. The van der Waals surface area contributed by atoms with Crippen LogP contribution in [0.2, 0.25) is 0 Å². The van der Waals surface area contributed by atoms with E-state index in [1.165, 1.54) is 25.7 Å². The third-order valence-electron chi connectivity index (χ3n) is 4.91. The average molecular weight is 226 g/mol. The molecule has 0 heterocycles. The first-order valence-electron chi connectivity index (χ1n) is 7.45. The molecule has 0 heteroatoms. The summed E-state index contributed by atoms with van der Waals surface area (Å²) in [6.07, 6.45) is 5.54. The molecule has 0 amide bonds. The predicted molar refractivity (Wildman–Crippen MR) is 75.6 cm³/mol. The lowest BCUT2D eigenvalue weighted by molar-refractivity contribution is 0.157. The lowest BCUT2D eigenvalue weighted by Gasteiger charge is -2.34. The van der Waals surface area contributed by atoms with E-state index in [0.717, 1.165) is 29.6 Å². The van der Waals surface area contributed by atoms with Crippen LogP contribution in [-0.2, 0) is 0 Å². The maximum atomic E-state index is 2.48.